The van der Waals surface area contributed by atoms with Gasteiger partial charge in [0.25, 0.3) is 0 Å². The van der Waals surface area contributed by atoms with Crippen LogP contribution in [-0.2, 0) is 6.42 Å². The summed E-state index contributed by atoms with van der Waals surface area (Å²) >= 11 is 0. The van der Waals surface area contributed by atoms with Gasteiger partial charge in [0.05, 0.1) is 0 Å². The minimum atomic E-state index is -0.288. The normalized spacial score (nSPS) is 25.3. The van der Waals surface area contributed by atoms with E-state index in [0.717, 1.165) is 11.7 Å². The smallest absolute Gasteiger partial charge is 0.228 e. The van der Waals surface area contributed by atoms with E-state index in [9.17, 15) is 0 Å². The van der Waals surface area contributed by atoms with E-state index in [0.29, 0.717) is 18.2 Å². The molecule has 0 amide bonds. The molecule has 0 aromatic carbocycles. The van der Waals surface area contributed by atoms with Crippen molar-refractivity contribution in [1.29, 1.82) is 0 Å². The van der Waals surface area contributed by atoms with Gasteiger partial charge in [-0.25, -0.2) is 0 Å². The van der Waals surface area contributed by atoms with Crippen LogP contribution in [-0.4, -0.2) is 15.7 Å². The minimum Gasteiger partial charge on any atom is -0.339 e. The fraction of sp³-hybridized carbons (Fsp3) is 0.857. The molecule has 0 bridgehead atoms. The van der Waals surface area contributed by atoms with E-state index in [4.69, 9.17) is 10.3 Å². The Morgan fingerprint density at radius 1 is 1.28 bits per heavy atom. The quantitative estimate of drug-likeness (QED) is 0.893. The SMILES string of the molecule is CCC1CCC(c2noc(CC(C)(C)N)n2)CC1. The molecule has 1 aliphatic carbocycles. The lowest BCUT2D eigenvalue weighted by molar-refractivity contribution is 0.301. The van der Waals surface area contributed by atoms with Crippen molar-refractivity contribution in [2.45, 2.75) is 70.8 Å². The second-order valence-electron chi connectivity index (χ2n) is 6.34. The first kappa shape index (κ1) is 13.5. The van der Waals surface area contributed by atoms with Crippen LogP contribution in [0.2, 0.25) is 0 Å². The summed E-state index contributed by atoms with van der Waals surface area (Å²) in [5, 5.41) is 4.13. The Bertz CT molecular complexity index is 373. The Morgan fingerprint density at radius 3 is 2.50 bits per heavy atom. The molecule has 0 radical (unpaired) electrons. The largest absolute Gasteiger partial charge is 0.339 e. The van der Waals surface area contributed by atoms with Crippen molar-refractivity contribution in [2.24, 2.45) is 11.7 Å². The molecule has 0 atom stereocenters. The first-order valence-electron chi connectivity index (χ1n) is 7.09. The van der Waals surface area contributed by atoms with Gasteiger partial charge < -0.3 is 10.3 Å². The average Bonchev–Trinajstić information content (AvgIpc) is 2.75. The maximum Gasteiger partial charge on any atom is 0.228 e. The van der Waals surface area contributed by atoms with Crippen molar-refractivity contribution in [3.63, 3.8) is 0 Å². The van der Waals surface area contributed by atoms with Crippen molar-refractivity contribution in [3.05, 3.63) is 11.7 Å². The summed E-state index contributed by atoms with van der Waals surface area (Å²) in [6.07, 6.45) is 6.93. The van der Waals surface area contributed by atoms with Gasteiger partial charge in [-0.3, -0.25) is 0 Å². The molecule has 0 saturated heterocycles. The van der Waals surface area contributed by atoms with E-state index in [2.05, 4.69) is 17.1 Å². The number of nitrogens with zero attached hydrogens (tertiary/aromatic N) is 2. The van der Waals surface area contributed by atoms with E-state index in [1.54, 1.807) is 0 Å². The minimum absolute atomic E-state index is 0.288. The van der Waals surface area contributed by atoms with E-state index in [-0.39, 0.29) is 5.54 Å². The first-order chi connectivity index (χ1) is 8.48. The highest BCUT2D eigenvalue weighted by atomic mass is 16.5. The number of aromatic nitrogens is 2. The van der Waals surface area contributed by atoms with Crippen molar-refractivity contribution >= 4 is 0 Å². The zero-order valence-corrected chi connectivity index (χ0v) is 11.8. The topological polar surface area (TPSA) is 64.9 Å². The van der Waals surface area contributed by atoms with Gasteiger partial charge in [0, 0.05) is 17.9 Å². The van der Waals surface area contributed by atoms with Crippen LogP contribution in [0.3, 0.4) is 0 Å². The van der Waals surface area contributed by atoms with Gasteiger partial charge in [-0.15, -0.1) is 0 Å². The summed E-state index contributed by atoms with van der Waals surface area (Å²) in [6, 6.07) is 0. The summed E-state index contributed by atoms with van der Waals surface area (Å²) in [5.74, 6) is 2.96. The van der Waals surface area contributed by atoms with Gasteiger partial charge in [-0.05, 0) is 45.4 Å². The number of rotatable bonds is 4. The Morgan fingerprint density at radius 2 is 1.94 bits per heavy atom. The van der Waals surface area contributed by atoms with Crippen molar-refractivity contribution in [2.75, 3.05) is 0 Å². The highest BCUT2D eigenvalue weighted by Crippen LogP contribution is 2.35. The van der Waals surface area contributed by atoms with Crippen LogP contribution in [0.1, 0.15) is 70.5 Å². The third kappa shape index (κ3) is 3.55. The zero-order chi connectivity index (χ0) is 13.2. The van der Waals surface area contributed by atoms with Gasteiger partial charge in [0.2, 0.25) is 5.89 Å². The third-order valence-electron chi connectivity index (χ3n) is 3.88. The number of hydrogen-bond donors (Lipinski definition) is 1. The van der Waals surface area contributed by atoms with E-state index in [1.807, 2.05) is 13.8 Å². The van der Waals surface area contributed by atoms with Gasteiger partial charge in [-0.1, -0.05) is 18.5 Å². The molecule has 102 valence electrons. The van der Waals surface area contributed by atoms with Crippen molar-refractivity contribution in [3.8, 4) is 0 Å². The molecule has 0 aliphatic heterocycles. The molecular formula is C14H25N3O. The summed E-state index contributed by atoms with van der Waals surface area (Å²) < 4.78 is 5.31. The number of hydrogen-bond acceptors (Lipinski definition) is 4. The van der Waals surface area contributed by atoms with Crippen molar-refractivity contribution in [1.82, 2.24) is 10.1 Å². The summed E-state index contributed by atoms with van der Waals surface area (Å²) in [6.45, 7) is 6.23. The monoisotopic (exact) mass is 251 g/mol. The molecule has 1 heterocycles. The summed E-state index contributed by atoms with van der Waals surface area (Å²) in [4.78, 5) is 4.51. The molecule has 1 aliphatic rings. The first-order valence-corrected chi connectivity index (χ1v) is 7.09. The molecule has 1 aromatic rings. The summed E-state index contributed by atoms with van der Waals surface area (Å²) in [7, 11) is 0. The standard InChI is InChI=1S/C14H25N3O/c1-4-10-5-7-11(8-6-10)13-16-12(18-17-13)9-14(2,3)15/h10-11H,4-9,15H2,1-3H3. The molecule has 18 heavy (non-hydrogen) atoms. The summed E-state index contributed by atoms with van der Waals surface area (Å²) in [5.41, 5.74) is 5.68. The van der Waals surface area contributed by atoms with Crippen molar-refractivity contribution < 1.29 is 4.52 Å². The van der Waals surface area contributed by atoms with Crippen LogP contribution in [0.25, 0.3) is 0 Å². The lowest BCUT2D eigenvalue weighted by Gasteiger charge is -2.25. The molecule has 1 aromatic heterocycles. The van der Waals surface area contributed by atoms with Crippen LogP contribution >= 0.6 is 0 Å². The highest BCUT2D eigenvalue weighted by molar-refractivity contribution is 4.99. The molecule has 0 unspecified atom stereocenters. The van der Waals surface area contributed by atoms with Gasteiger partial charge in [-0.2, -0.15) is 4.98 Å². The molecule has 0 spiro atoms. The molecule has 2 N–H and O–H groups in total. The highest BCUT2D eigenvalue weighted by Gasteiger charge is 2.26. The maximum atomic E-state index is 5.96. The van der Waals surface area contributed by atoms with Crippen LogP contribution in [0, 0.1) is 5.92 Å². The Labute approximate surface area is 109 Å². The molecular weight excluding hydrogens is 226 g/mol. The lowest BCUT2D eigenvalue weighted by Crippen LogP contribution is -2.34. The van der Waals surface area contributed by atoms with Gasteiger partial charge in [0.1, 0.15) is 0 Å². The fourth-order valence-corrected chi connectivity index (χ4v) is 2.72. The molecule has 2 rings (SSSR count). The van der Waals surface area contributed by atoms with E-state index in [1.165, 1.54) is 32.1 Å². The molecule has 4 nitrogen and oxygen atoms in total. The zero-order valence-electron chi connectivity index (χ0n) is 11.8. The van der Waals surface area contributed by atoms with Crippen LogP contribution < -0.4 is 5.73 Å². The average molecular weight is 251 g/mol. The van der Waals surface area contributed by atoms with Crippen LogP contribution in [0.4, 0.5) is 0 Å². The van der Waals surface area contributed by atoms with E-state index < -0.39 is 0 Å². The predicted molar refractivity (Wildman–Crippen MR) is 71.3 cm³/mol. The van der Waals surface area contributed by atoms with Gasteiger partial charge >= 0.3 is 0 Å². The van der Waals surface area contributed by atoms with E-state index >= 15 is 0 Å². The third-order valence-corrected chi connectivity index (χ3v) is 3.88. The van der Waals surface area contributed by atoms with Gasteiger partial charge in [0.15, 0.2) is 5.82 Å². The molecule has 1 saturated carbocycles. The molecule has 1 fully saturated rings. The fourth-order valence-electron chi connectivity index (χ4n) is 2.72. The van der Waals surface area contributed by atoms with Crippen LogP contribution in [0.5, 0.6) is 0 Å². The Balaban J connectivity index is 1.94. The Hall–Kier alpha value is -0.900. The Kier molecular flexibility index (Phi) is 4.05. The van der Waals surface area contributed by atoms with Crippen LogP contribution in [0.15, 0.2) is 4.52 Å². The predicted octanol–water partition coefficient (Wildman–Crippen LogP) is 3.03. The number of nitrogens with two attached hydrogens (primary N) is 1. The second-order valence-corrected chi connectivity index (χ2v) is 6.34. The second kappa shape index (κ2) is 5.39. The maximum absolute atomic E-state index is 5.96. The molecule has 4 heteroatoms. The lowest BCUT2D eigenvalue weighted by atomic mass is 9.80.